The molecule has 6 nitrogen and oxygen atoms in total. The van der Waals surface area contributed by atoms with Crippen molar-refractivity contribution in [1.29, 1.82) is 0 Å². The van der Waals surface area contributed by atoms with E-state index in [-0.39, 0.29) is 24.8 Å². The fourth-order valence-electron chi connectivity index (χ4n) is 1.15. The van der Waals surface area contributed by atoms with E-state index in [9.17, 15) is 14.4 Å². The zero-order valence-electron chi connectivity index (χ0n) is 11.4. The van der Waals surface area contributed by atoms with Crippen LogP contribution in [0.2, 0.25) is 0 Å². The number of nitrogens with one attached hydrogen (secondary N) is 1. The normalized spacial score (nSPS) is 10.9. The first kappa shape index (κ1) is 16.4. The number of nitrogens with zero attached hydrogens (tertiary/aromatic N) is 1. The van der Waals surface area contributed by atoms with Crippen molar-refractivity contribution < 1.29 is 19.5 Å². The highest BCUT2D eigenvalue weighted by Crippen LogP contribution is 2.11. The number of hydrogen-bond acceptors (Lipinski definition) is 3. The molecule has 0 bridgehead atoms. The van der Waals surface area contributed by atoms with Gasteiger partial charge in [-0.25, -0.2) is 0 Å². The van der Waals surface area contributed by atoms with Crippen molar-refractivity contribution in [3.8, 4) is 0 Å². The van der Waals surface area contributed by atoms with Crippen molar-refractivity contribution in [3.63, 3.8) is 0 Å². The molecule has 0 radical (unpaired) electrons. The van der Waals surface area contributed by atoms with E-state index in [1.54, 1.807) is 27.8 Å². The molecule has 0 fully saturated rings. The van der Waals surface area contributed by atoms with E-state index in [2.05, 4.69) is 5.32 Å². The summed E-state index contributed by atoms with van der Waals surface area (Å²) < 4.78 is 0. The Labute approximate surface area is 107 Å². The molecule has 0 atom stereocenters. The molecule has 0 rings (SSSR count). The lowest BCUT2D eigenvalue weighted by molar-refractivity contribution is -0.138. The number of carbonyl (C=O) groups excluding carboxylic acids is 2. The van der Waals surface area contributed by atoms with Gasteiger partial charge in [-0.05, 0) is 6.42 Å². The number of carboxylic acids is 1. The van der Waals surface area contributed by atoms with Gasteiger partial charge in [-0.3, -0.25) is 14.4 Å². The summed E-state index contributed by atoms with van der Waals surface area (Å²) in [7, 11) is 1.59. The van der Waals surface area contributed by atoms with Crippen LogP contribution >= 0.6 is 0 Å². The number of hydrogen-bond donors (Lipinski definition) is 2. The second kappa shape index (κ2) is 6.98. The van der Waals surface area contributed by atoms with E-state index in [4.69, 9.17) is 5.11 Å². The van der Waals surface area contributed by atoms with Crippen LogP contribution in [-0.2, 0) is 14.4 Å². The number of carbonyl (C=O) groups is 3. The highest BCUT2D eigenvalue weighted by molar-refractivity contribution is 5.87. The molecule has 0 unspecified atom stereocenters. The van der Waals surface area contributed by atoms with Crippen LogP contribution in [0.3, 0.4) is 0 Å². The van der Waals surface area contributed by atoms with Gasteiger partial charge in [0.05, 0.1) is 6.54 Å². The Kier molecular flexibility index (Phi) is 6.36. The fourth-order valence-corrected chi connectivity index (χ4v) is 1.15. The van der Waals surface area contributed by atoms with Crippen LogP contribution in [-0.4, -0.2) is 47.9 Å². The van der Waals surface area contributed by atoms with E-state index in [1.807, 2.05) is 0 Å². The van der Waals surface area contributed by atoms with Crippen LogP contribution in [0.4, 0.5) is 0 Å². The second-order valence-corrected chi connectivity index (χ2v) is 5.25. The Hall–Kier alpha value is -1.59. The van der Waals surface area contributed by atoms with Crippen LogP contribution in [0.1, 0.15) is 33.6 Å². The molecule has 0 aromatic heterocycles. The van der Waals surface area contributed by atoms with Gasteiger partial charge < -0.3 is 15.3 Å². The van der Waals surface area contributed by atoms with E-state index < -0.39 is 11.4 Å². The molecule has 6 heteroatoms. The molecule has 2 N–H and O–H groups in total. The second-order valence-electron chi connectivity index (χ2n) is 5.25. The summed E-state index contributed by atoms with van der Waals surface area (Å²) in [6, 6.07) is 0. The highest BCUT2D eigenvalue weighted by atomic mass is 16.4. The molecule has 18 heavy (non-hydrogen) atoms. The molecule has 0 spiro atoms. The van der Waals surface area contributed by atoms with E-state index in [0.717, 1.165) is 0 Å². The van der Waals surface area contributed by atoms with Gasteiger partial charge >= 0.3 is 5.97 Å². The topological polar surface area (TPSA) is 86.7 Å². The predicted molar refractivity (Wildman–Crippen MR) is 67.0 cm³/mol. The molecule has 0 aliphatic heterocycles. The van der Waals surface area contributed by atoms with Crippen LogP contribution < -0.4 is 5.32 Å². The molecule has 0 aromatic carbocycles. The molecular weight excluding hydrogens is 236 g/mol. The number of aliphatic carboxylic acids is 1. The van der Waals surface area contributed by atoms with Gasteiger partial charge in [0.2, 0.25) is 11.8 Å². The average molecular weight is 258 g/mol. The number of carboxylic acid groups (broad SMARTS) is 1. The van der Waals surface area contributed by atoms with Crippen LogP contribution in [0.25, 0.3) is 0 Å². The van der Waals surface area contributed by atoms with Crippen molar-refractivity contribution in [2.24, 2.45) is 5.41 Å². The lowest BCUT2D eigenvalue weighted by atomic mass is 9.96. The van der Waals surface area contributed by atoms with Crippen molar-refractivity contribution >= 4 is 17.8 Å². The highest BCUT2D eigenvalue weighted by Gasteiger charge is 2.21. The monoisotopic (exact) mass is 258 g/mol. The first-order valence-corrected chi connectivity index (χ1v) is 5.88. The summed E-state index contributed by atoms with van der Waals surface area (Å²) in [6.07, 6.45) is 0.441. The molecule has 104 valence electrons. The van der Waals surface area contributed by atoms with Gasteiger partial charge in [0.1, 0.15) is 0 Å². The van der Waals surface area contributed by atoms with Gasteiger partial charge in [0, 0.05) is 25.4 Å². The SMILES string of the molecule is CN(CCCC(=O)O)C(=O)CNC(=O)C(C)(C)C. The summed E-state index contributed by atoms with van der Waals surface area (Å²) >= 11 is 0. The predicted octanol–water partition coefficient (Wildman–Crippen LogP) is 0.472. The Morgan fingerprint density at radius 2 is 1.78 bits per heavy atom. The molecular formula is C12H22N2O4. The van der Waals surface area contributed by atoms with Crippen molar-refractivity contribution in [2.45, 2.75) is 33.6 Å². The van der Waals surface area contributed by atoms with Gasteiger partial charge in [-0.2, -0.15) is 0 Å². The smallest absolute Gasteiger partial charge is 0.303 e. The van der Waals surface area contributed by atoms with Crippen LogP contribution in [0.15, 0.2) is 0 Å². The molecule has 0 aromatic rings. The number of amides is 2. The summed E-state index contributed by atoms with van der Waals surface area (Å²) in [5.74, 6) is -1.29. The minimum absolute atomic E-state index is 0.0337. The third-order valence-electron chi connectivity index (χ3n) is 2.39. The number of rotatable bonds is 6. The minimum Gasteiger partial charge on any atom is -0.481 e. The molecule has 0 saturated carbocycles. The van der Waals surface area contributed by atoms with E-state index >= 15 is 0 Å². The maximum Gasteiger partial charge on any atom is 0.303 e. The van der Waals surface area contributed by atoms with Crippen LogP contribution in [0, 0.1) is 5.41 Å². The molecule has 0 aliphatic carbocycles. The summed E-state index contributed by atoms with van der Waals surface area (Å²) in [5, 5.41) is 11.0. The molecule has 0 aliphatic rings. The standard InChI is InChI=1S/C12H22N2O4/c1-12(2,3)11(18)13-8-9(15)14(4)7-5-6-10(16)17/h5-8H2,1-4H3,(H,13,18)(H,16,17). The number of likely N-dealkylation sites (N-methyl/N-ethyl adjacent to an activating group) is 1. The van der Waals surface area contributed by atoms with E-state index in [0.29, 0.717) is 13.0 Å². The quantitative estimate of drug-likeness (QED) is 0.725. The maximum atomic E-state index is 11.6. The summed E-state index contributed by atoms with van der Waals surface area (Å²) in [6.45, 7) is 5.62. The Morgan fingerprint density at radius 1 is 1.22 bits per heavy atom. The molecule has 0 saturated heterocycles. The Morgan fingerprint density at radius 3 is 2.22 bits per heavy atom. The van der Waals surface area contributed by atoms with Crippen molar-refractivity contribution in [1.82, 2.24) is 10.2 Å². The average Bonchev–Trinajstić information content (AvgIpc) is 2.23. The fraction of sp³-hybridized carbons (Fsp3) is 0.750. The third-order valence-corrected chi connectivity index (χ3v) is 2.39. The Bertz CT molecular complexity index is 321. The minimum atomic E-state index is -0.878. The maximum absolute atomic E-state index is 11.6. The zero-order valence-corrected chi connectivity index (χ0v) is 11.4. The zero-order chi connectivity index (χ0) is 14.3. The first-order chi connectivity index (χ1) is 8.14. The third kappa shape index (κ3) is 6.88. The summed E-state index contributed by atoms with van der Waals surface area (Å²) in [5.41, 5.74) is -0.526. The van der Waals surface area contributed by atoms with Gasteiger partial charge in [-0.15, -0.1) is 0 Å². The Balaban J connectivity index is 3.95. The molecule has 2 amide bonds. The lowest BCUT2D eigenvalue weighted by Crippen LogP contribution is -2.42. The van der Waals surface area contributed by atoms with Gasteiger partial charge in [0.15, 0.2) is 0 Å². The van der Waals surface area contributed by atoms with Crippen LogP contribution in [0.5, 0.6) is 0 Å². The first-order valence-electron chi connectivity index (χ1n) is 5.88. The summed E-state index contributed by atoms with van der Waals surface area (Å²) in [4.78, 5) is 34.9. The van der Waals surface area contributed by atoms with E-state index in [1.165, 1.54) is 4.90 Å². The lowest BCUT2D eigenvalue weighted by Gasteiger charge is -2.20. The van der Waals surface area contributed by atoms with Gasteiger partial charge in [0.25, 0.3) is 0 Å². The largest absolute Gasteiger partial charge is 0.481 e. The van der Waals surface area contributed by atoms with Gasteiger partial charge in [-0.1, -0.05) is 20.8 Å². The van der Waals surface area contributed by atoms with Crippen molar-refractivity contribution in [2.75, 3.05) is 20.1 Å². The molecule has 0 heterocycles. The van der Waals surface area contributed by atoms with Crippen molar-refractivity contribution in [3.05, 3.63) is 0 Å².